The second-order valence-corrected chi connectivity index (χ2v) is 3.77. The van der Waals surface area contributed by atoms with Gasteiger partial charge >= 0.3 is 5.72 Å². The second kappa shape index (κ2) is 3.87. The van der Waals surface area contributed by atoms with Crippen LogP contribution in [0.15, 0.2) is 0 Å². The van der Waals surface area contributed by atoms with Crippen LogP contribution in [0.4, 0.5) is 0 Å². The van der Waals surface area contributed by atoms with Crippen molar-refractivity contribution in [3.05, 3.63) is 10.1 Å². The van der Waals surface area contributed by atoms with E-state index in [2.05, 4.69) is 4.74 Å². The Kier molecular flexibility index (Phi) is 3.20. The van der Waals surface area contributed by atoms with E-state index in [1.807, 2.05) is 0 Å². The van der Waals surface area contributed by atoms with Crippen molar-refractivity contribution < 1.29 is 35.2 Å². The molecule has 9 heteroatoms. The minimum absolute atomic E-state index is 0.947. The molecule has 16 heavy (non-hydrogen) atoms. The Bertz CT molecular complexity index is 290. The molecule has 0 aromatic rings. The largest absolute Gasteiger partial charge is 0.393 e. The van der Waals surface area contributed by atoms with Crippen LogP contribution in [0, 0.1) is 10.1 Å². The van der Waals surface area contributed by atoms with Crippen LogP contribution < -0.4 is 0 Å². The lowest BCUT2D eigenvalue weighted by atomic mass is 9.88. The number of ether oxygens (including phenoxy) is 1. The number of aliphatic hydroxyl groups is 5. The Balaban J connectivity index is 3.15. The standard InChI is InChI=1S/C7H13NO8/c1-6(12)4(10)5(11)7(13,8(14)15)3(2-9)16-6/h3-5,9-13H,2H2,1H3/t3-,4-,5-,6+,7+/m1/s1. The van der Waals surface area contributed by atoms with Crippen molar-refractivity contribution >= 4 is 0 Å². The molecule has 0 saturated carbocycles. The van der Waals surface area contributed by atoms with E-state index in [0.717, 1.165) is 6.92 Å². The first-order chi connectivity index (χ1) is 7.17. The van der Waals surface area contributed by atoms with Crippen molar-refractivity contribution in [2.75, 3.05) is 6.61 Å². The highest BCUT2D eigenvalue weighted by molar-refractivity contribution is 4.98. The van der Waals surface area contributed by atoms with Gasteiger partial charge in [-0.3, -0.25) is 10.1 Å². The third-order valence-electron chi connectivity index (χ3n) is 2.60. The summed E-state index contributed by atoms with van der Waals surface area (Å²) < 4.78 is 4.59. The Morgan fingerprint density at radius 2 is 1.88 bits per heavy atom. The molecule has 5 N–H and O–H groups in total. The highest BCUT2D eigenvalue weighted by Crippen LogP contribution is 2.34. The monoisotopic (exact) mass is 239 g/mol. The lowest BCUT2D eigenvalue weighted by Gasteiger charge is -2.44. The van der Waals surface area contributed by atoms with Crippen molar-refractivity contribution in [3.8, 4) is 0 Å². The maximum absolute atomic E-state index is 10.6. The molecule has 94 valence electrons. The van der Waals surface area contributed by atoms with Gasteiger partial charge in [0.25, 0.3) is 0 Å². The predicted octanol–water partition coefficient (Wildman–Crippen LogP) is -3.23. The molecule has 0 unspecified atom stereocenters. The molecule has 0 radical (unpaired) electrons. The summed E-state index contributed by atoms with van der Waals surface area (Å²) in [6.07, 6.45) is -6.22. The first-order valence-corrected chi connectivity index (χ1v) is 4.42. The number of hydrogen-bond acceptors (Lipinski definition) is 8. The molecule has 0 aromatic heterocycles. The lowest BCUT2D eigenvalue weighted by molar-refractivity contribution is -0.669. The summed E-state index contributed by atoms with van der Waals surface area (Å²) in [5.41, 5.74) is -3.07. The van der Waals surface area contributed by atoms with Crippen LogP contribution in [0.25, 0.3) is 0 Å². The van der Waals surface area contributed by atoms with E-state index in [1.54, 1.807) is 0 Å². The Morgan fingerprint density at radius 1 is 1.38 bits per heavy atom. The smallest absolute Gasteiger partial charge is 0.379 e. The molecule has 0 spiro atoms. The fourth-order valence-electron chi connectivity index (χ4n) is 1.56. The van der Waals surface area contributed by atoms with E-state index in [9.17, 15) is 30.5 Å². The quantitative estimate of drug-likeness (QED) is 0.191. The molecular weight excluding hydrogens is 226 g/mol. The van der Waals surface area contributed by atoms with E-state index in [0.29, 0.717) is 0 Å². The molecule has 1 fully saturated rings. The zero-order valence-corrected chi connectivity index (χ0v) is 8.35. The molecule has 1 rings (SSSR count). The summed E-state index contributed by atoms with van der Waals surface area (Å²) in [6, 6.07) is 0. The van der Waals surface area contributed by atoms with Gasteiger partial charge in [0.05, 0.1) is 11.5 Å². The molecule has 1 heterocycles. The Morgan fingerprint density at radius 3 is 2.25 bits per heavy atom. The van der Waals surface area contributed by atoms with Gasteiger partial charge in [-0.2, -0.15) is 0 Å². The maximum atomic E-state index is 10.6. The van der Waals surface area contributed by atoms with Gasteiger partial charge in [-0.05, 0) is 6.92 Å². The van der Waals surface area contributed by atoms with Crippen molar-refractivity contribution in [2.24, 2.45) is 0 Å². The fourth-order valence-corrected chi connectivity index (χ4v) is 1.56. The van der Waals surface area contributed by atoms with Crippen LogP contribution in [0.3, 0.4) is 0 Å². The molecule has 1 saturated heterocycles. The molecule has 1 aliphatic rings. The van der Waals surface area contributed by atoms with Gasteiger partial charge in [0.2, 0.25) is 0 Å². The van der Waals surface area contributed by atoms with Gasteiger partial charge in [0, 0.05) is 0 Å². The second-order valence-electron chi connectivity index (χ2n) is 3.77. The summed E-state index contributed by atoms with van der Waals surface area (Å²) in [5.74, 6) is -2.30. The van der Waals surface area contributed by atoms with Gasteiger partial charge in [-0.25, -0.2) is 0 Å². The summed E-state index contributed by atoms with van der Waals surface area (Å²) in [5, 5.41) is 57.2. The Hall–Kier alpha value is -0.840. The summed E-state index contributed by atoms with van der Waals surface area (Å²) in [7, 11) is 0. The number of rotatable bonds is 2. The van der Waals surface area contributed by atoms with Crippen LogP contribution in [0.2, 0.25) is 0 Å². The predicted molar refractivity (Wildman–Crippen MR) is 46.5 cm³/mol. The van der Waals surface area contributed by atoms with Gasteiger partial charge in [-0.15, -0.1) is 0 Å². The van der Waals surface area contributed by atoms with Crippen LogP contribution in [0.5, 0.6) is 0 Å². The van der Waals surface area contributed by atoms with Crippen LogP contribution in [-0.2, 0) is 4.74 Å². The van der Waals surface area contributed by atoms with Gasteiger partial charge in [0.1, 0.15) is 6.10 Å². The van der Waals surface area contributed by atoms with E-state index < -0.39 is 41.4 Å². The topological polar surface area (TPSA) is 154 Å². The van der Waals surface area contributed by atoms with Crippen LogP contribution >= 0.6 is 0 Å². The van der Waals surface area contributed by atoms with Crippen molar-refractivity contribution in [2.45, 2.75) is 36.7 Å². The molecule has 9 nitrogen and oxygen atoms in total. The minimum atomic E-state index is -3.07. The summed E-state index contributed by atoms with van der Waals surface area (Å²) in [4.78, 5) is 9.34. The lowest BCUT2D eigenvalue weighted by Crippen LogP contribution is -2.73. The van der Waals surface area contributed by atoms with Crippen molar-refractivity contribution in [1.29, 1.82) is 0 Å². The first kappa shape index (κ1) is 13.2. The fraction of sp³-hybridized carbons (Fsp3) is 1.00. The Labute approximate surface area is 89.7 Å². The summed E-state index contributed by atoms with van der Waals surface area (Å²) in [6.45, 7) is -0.0551. The number of nitrogens with zero attached hydrogens (tertiary/aromatic N) is 1. The van der Waals surface area contributed by atoms with E-state index >= 15 is 0 Å². The van der Waals surface area contributed by atoms with Gasteiger partial charge < -0.3 is 30.3 Å². The van der Waals surface area contributed by atoms with Crippen LogP contribution in [0.1, 0.15) is 6.92 Å². The van der Waals surface area contributed by atoms with Crippen molar-refractivity contribution in [1.82, 2.24) is 0 Å². The molecule has 0 amide bonds. The van der Waals surface area contributed by atoms with E-state index in [-0.39, 0.29) is 0 Å². The van der Waals surface area contributed by atoms with E-state index in [4.69, 9.17) is 5.11 Å². The third-order valence-corrected chi connectivity index (χ3v) is 2.60. The molecule has 5 atom stereocenters. The zero-order chi connectivity index (χ0) is 12.7. The number of aliphatic hydroxyl groups excluding tert-OH is 3. The molecule has 1 aliphatic heterocycles. The first-order valence-electron chi connectivity index (χ1n) is 4.42. The molecule has 0 bridgehead atoms. The normalized spacial score (nSPS) is 49.0. The highest BCUT2D eigenvalue weighted by Gasteiger charge is 2.67. The molecule has 0 aliphatic carbocycles. The van der Waals surface area contributed by atoms with Gasteiger partial charge in [0.15, 0.2) is 18.0 Å². The van der Waals surface area contributed by atoms with Crippen LogP contribution in [-0.4, -0.2) is 66.9 Å². The van der Waals surface area contributed by atoms with E-state index in [1.165, 1.54) is 0 Å². The number of hydrogen-bond donors (Lipinski definition) is 5. The molecule has 0 aromatic carbocycles. The summed E-state index contributed by atoms with van der Waals surface area (Å²) >= 11 is 0. The zero-order valence-electron chi connectivity index (χ0n) is 8.35. The SMILES string of the molecule is C[C@]1(O)O[C@H](CO)[C@@](O)([N+](=O)[O-])[C@H](O)[C@H]1O. The maximum Gasteiger partial charge on any atom is 0.379 e. The van der Waals surface area contributed by atoms with Crippen molar-refractivity contribution in [3.63, 3.8) is 0 Å². The van der Waals surface area contributed by atoms with Gasteiger partial charge in [-0.1, -0.05) is 0 Å². The number of nitro groups is 1. The average molecular weight is 239 g/mol. The third kappa shape index (κ3) is 1.67. The highest BCUT2D eigenvalue weighted by atomic mass is 16.7. The average Bonchev–Trinajstić information content (AvgIpc) is 2.20. The molecular formula is C7H13NO8. The minimum Gasteiger partial charge on any atom is -0.393 e.